The van der Waals surface area contributed by atoms with Crippen LogP contribution in [0.1, 0.15) is 50.7 Å². The van der Waals surface area contributed by atoms with Crippen molar-refractivity contribution in [1.29, 1.82) is 0 Å². The van der Waals surface area contributed by atoms with Crippen LogP contribution in [0.3, 0.4) is 0 Å². The number of rotatable bonds is 5. The molecule has 1 amide bonds. The molecular formula is C15H25N5O. The van der Waals surface area contributed by atoms with Gasteiger partial charge in [0.05, 0.1) is 12.1 Å². The van der Waals surface area contributed by atoms with Gasteiger partial charge in [0, 0.05) is 20.0 Å². The van der Waals surface area contributed by atoms with Gasteiger partial charge in [0.25, 0.3) is 0 Å². The number of carbonyl (C=O) groups excluding carboxylic acids is 1. The quantitative estimate of drug-likeness (QED) is 0.882. The van der Waals surface area contributed by atoms with Crippen molar-refractivity contribution in [3.63, 3.8) is 0 Å². The SMILES string of the molecule is CCCC1(C(=O)N(C)Cc2nnc3n2CCC3)CCCN1. The number of hydrogen-bond acceptors (Lipinski definition) is 4. The summed E-state index contributed by atoms with van der Waals surface area (Å²) in [5, 5.41) is 11.9. The molecule has 1 aromatic heterocycles. The van der Waals surface area contributed by atoms with Crippen molar-refractivity contribution in [2.45, 2.75) is 64.1 Å². The zero-order valence-electron chi connectivity index (χ0n) is 13.1. The number of amides is 1. The molecule has 0 aliphatic carbocycles. The molecule has 116 valence electrons. The first-order valence-electron chi connectivity index (χ1n) is 8.08. The molecule has 1 unspecified atom stereocenters. The van der Waals surface area contributed by atoms with Gasteiger partial charge in [-0.3, -0.25) is 4.79 Å². The Hall–Kier alpha value is -1.43. The molecule has 1 aromatic rings. The van der Waals surface area contributed by atoms with E-state index in [-0.39, 0.29) is 11.4 Å². The molecule has 1 saturated heterocycles. The monoisotopic (exact) mass is 291 g/mol. The summed E-state index contributed by atoms with van der Waals surface area (Å²) >= 11 is 0. The number of carbonyl (C=O) groups is 1. The lowest BCUT2D eigenvalue weighted by atomic mass is 9.90. The van der Waals surface area contributed by atoms with Crippen LogP contribution in [0.15, 0.2) is 0 Å². The minimum atomic E-state index is -0.350. The molecule has 1 N–H and O–H groups in total. The average Bonchev–Trinajstić information content (AvgIpc) is 3.17. The van der Waals surface area contributed by atoms with Crippen molar-refractivity contribution < 1.29 is 4.79 Å². The highest BCUT2D eigenvalue weighted by molar-refractivity contribution is 5.86. The van der Waals surface area contributed by atoms with Gasteiger partial charge in [-0.2, -0.15) is 0 Å². The molecule has 2 aliphatic rings. The normalized spacial score (nSPS) is 24.3. The van der Waals surface area contributed by atoms with E-state index >= 15 is 0 Å². The standard InChI is InChI=1S/C15H25N5O/c1-3-7-15(8-5-9-16-15)14(21)19(2)11-13-18-17-12-6-4-10-20(12)13/h16H,3-11H2,1-2H3. The van der Waals surface area contributed by atoms with Crippen molar-refractivity contribution in [3.8, 4) is 0 Å². The summed E-state index contributed by atoms with van der Waals surface area (Å²) in [6.45, 7) is 4.62. The summed E-state index contributed by atoms with van der Waals surface area (Å²) in [7, 11) is 1.89. The Morgan fingerprint density at radius 3 is 3.00 bits per heavy atom. The molecule has 3 rings (SSSR count). The predicted molar refractivity (Wildman–Crippen MR) is 79.7 cm³/mol. The maximum atomic E-state index is 12.9. The number of nitrogens with one attached hydrogen (secondary N) is 1. The first-order chi connectivity index (χ1) is 10.2. The lowest BCUT2D eigenvalue weighted by Crippen LogP contribution is -2.53. The summed E-state index contributed by atoms with van der Waals surface area (Å²) in [5.41, 5.74) is -0.350. The molecule has 3 heterocycles. The summed E-state index contributed by atoms with van der Waals surface area (Å²) in [5.74, 6) is 2.19. The van der Waals surface area contributed by atoms with E-state index in [9.17, 15) is 4.79 Å². The smallest absolute Gasteiger partial charge is 0.243 e. The second-order valence-electron chi connectivity index (χ2n) is 6.31. The Balaban J connectivity index is 1.72. The Bertz CT molecular complexity index is 518. The van der Waals surface area contributed by atoms with Crippen molar-refractivity contribution >= 4 is 5.91 Å². The molecule has 0 radical (unpaired) electrons. The number of hydrogen-bond donors (Lipinski definition) is 1. The first kappa shape index (κ1) is 14.5. The van der Waals surface area contributed by atoms with Crippen molar-refractivity contribution in [2.24, 2.45) is 0 Å². The lowest BCUT2D eigenvalue weighted by Gasteiger charge is -2.32. The summed E-state index contributed by atoms with van der Waals surface area (Å²) < 4.78 is 2.17. The van der Waals surface area contributed by atoms with Crippen LogP contribution in [-0.4, -0.2) is 44.7 Å². The van der Waals surface area contributed by atoms with E-state index in [1.807, 2.05) is 11.9 Å². The highest BCUT2D eigenvalue weighted by Crippen LogP contribution is 2.27. The van der Waals surface area contributed by atoms with Gasteiger partial charge < -0.3 is 14.8 Å². The van der Waals surface area contributed by atoms with Gasteiger partial charge in [0.15, 0.2) is 5.82 Å². The van der Waals surface area contributed by atoms with Gasteiger partial charge in [0.2, 0.25) is 5.91 Å². The zero-order chi connectivity index (χ0) is 14.9. The van der Waals surface area contributed by atoms with Crippen LogP contribution in [0, 0.1) is 0 Å². The maximum absolute atomic E-state index is 12.9. The van der Waals surface area contributed by atoms with E-state index in [4.69, 9.17) is 0 Å². The predicted octanol–water partition coefficient (Wildman–Crippen LogP) is 1.10. The largest absolute Gasteiger partial charge is 0.337 e. The van der Waals surface area contributed by atoms with Gasteiger partial charge in [-0.25, -0.2) is 0 Å². The van der Waals surface area contributed by atoms with Crippen LogP contribution < -0.4 is 5.32 Å². The Morgan fingerprint density at radius 2 is 2.29 bits per heavy atom. The van der Waals surface area contributed by atoms with Gasteiger partial charge in [0.1, 0.15) is 5.82 Å². The van der Waals surface area contributed by atoms with Gasteiger partial charge in [-0.1, -0.05) is 13.3 Å². The molecule has 1 fully saturated rings. The molecule has 0 spiro atoms. The average molecular weight is 291 g/mol. The van der Waals surface area contributed by atoms with Crippen molar-refractivity contribution in [3.05, 3.63) is 11.6 Å². The fourth-order valence-electron chi connectivity index (χ4n) is 3.71. The van der Waals surface area contributed by atoms with E-state index in [1.165, 1.54) is 0 Å². The van der Waals surface area contributed by atoms with Gasteiger partial charge in [-0.15, -0.1) is 10.2 Å². The summed E-state index contributed by atoms with van der Waals surface area (Å²) in [6.07, 6.45) is 6.10. The van der Waals surface area contributed by atoms with Crippen LogP contribution >= 0.6 is 0 Å². The Labute approximate surface area is 125 Å². The van der Waals surface area contributed by atoms with Crippen LogP contribution in [0.25, 0.3) is 0 Å². The lowest BCUT2D eigenvalue weighted by molar-refractivity contribution is -0.137. The molecule has 21 heavy (non-hydrogen) atoms. The third-order valence-corrected chi connectivity index (χ3v) is 4.74. The minimum absolute atomic E-state index is 0.206. The summed E-state index contributed by atoms with van der Waals surface area (Å²) in [4.78, 5) is 14.7. The first-order valence-corrected chi connectivity index (χ1v) is 8.08. The number of aromatic nitrogens is 3. The minimum Gasteiger partial charge on any atom is -0.337 e. The number of nitrogens with zero attached hydrogens (tertiary/aromatic N) is 4. The third-order valence-electron chi connectivity index (χ3n) is 4.74. The Kier molecular flexibility index (Phi) is 3.97. The second-order valence-corrected chi connectivity index (χ2v) is 6.31. The van der Waals surface area contributed by atoms with Crippen LogP contribution in [0.5, 0.6) is 0 Å². The maximum Gasteiger partial charge on any atom is 0.243 e. The molecule has 6 nitrogen and oxygen atoms in total. The highest BCUT2D eigenvalue weighted by atomic mass is 16.2. The third kappa shape index (κ3) is 2.57. The zero-order valence-corrected chi connectivity index (χ0v) is 13.1. The van der Waals surface area contributed by atoms with Crippen LogP contribution in [0.2, 0.25) is 0 Å². The molecule has 1 atom stereocenters. The second kappa shape index (κ2) is 5.75. The van der Waals surface area contributed by atoms with Crippen molar-refractivity contribution in [1.82, 2.24) is 25.0 Å². The van der Waals surface area contributed by atoms with Crippen LogP contribution in [-0.2, 0) is 24.3 Å². The fraction of sp³-hybridized carbons (Fsp3) is 0.800. The molecular weight excluding hydrogens is 266 g/mol. The van der Waals surface area contributed by atoms with E-state index in [2.05, 4.69) is 27.0 Å². The molecule has 0 saturated carbocycles. The fourth-order valence-corrected chi connectivity index (χ4v) is 3.71. The molecule has 6 heteroatoms. The van der Waals surface area contributed by atoms with E-state index in [0.717, 1.165) is 63.3 Å². The van der Waals surface area contributed by atoms with E-state index in [0.29, 0.717) is 6.54 Å². The summed E-state index contributed by atoms with van der Waals surface area (Å²) in [6, 6.07) is 0. The van der Waals surface area contributed by atoms with Crippen molar-refractivity contribution in [2.75, 3.05) is 13.6 Å². The topological polar surface area (TPSA) is 63.1 Å². The van der Waals surface area contributed by atoms with Gasteiger partial charge >= 0.3 is 0 Å². The van der Waals surface area contributed by atoms with Crippen LogP contribution in [0.4, 0.5) is 0 Å². The number of aryl methyl sites for hydroxylation is 1. The number of fused-ring (bicyclic) bond motifs is 1. The highest BCUT2D eigenvalue weighted by Gasteiger charge is 2.41. The molecule has 2 aliphatic heterocycles. The van der Waals surface area contributed by atoms with E-state index < -0.39 is 0 Å². The van der Waals surface area contributed by atoms with E-state index in [1.54, 1.807) is 0 Å². The van der Waals surface area contributed by atoms with Gasteiger partial charge in [-0.05, 0) is 32.2 Å². The molecule has 0 bridgehead atoms. The number of likely N-dealkylation sites (N-methyl/N-ethyl adjacent to an activating group) is 1. The Morgan fingerprint density at radius 1 is 1.43 bits per heavy atom. The molecule has 0 aromatic carbocycles.